The van der Waals surface area contributed by atoms with E-state index in [-0.39, 0.29) is 0 Å². The van der Waals surface area contributed by atoms with E-state index in [1.807, 2.05) is 0 Å². The highest BCUT2D eigenvalue weighted by atomic mass is 14.9. The highest BCUT2D eigenvalue weighted by molar-refractivity contribution is 5.78. The van der Waals surface area contributed by atoms with E-state index in [0.717, 1.165) is 19.5 Å². The van der Waals surface area contributed by atoms with Crippen LogP contribution in [0.25, 0.3) is 22.3 Å². The van der Waals surface area contributed by atoms with Crippen LogP contribution in [0.3, 0.4) is 0 Å². The predicted octanol–water partition coefficient (Wildman–Crippen LogP) is 5.28. The van der Waals surface area contributed by atoms with Crippen molar-refractivity contribution in [1.29, 1.82) is 0 Å². The molecule has 0 aromatic heterocycles. The van der Waals surface area contributed by atoms with Crippen LogP contribution in [-0.4, -0.2) is 6.54 Å². The quantitative estimate of drug-likeness (QED) is 0.678. The van der Waals surface area contributed by atoms with E-state index in [9.17, 15) is 0 Å². The van der Waals surface area contributed by atoms with Gasteiger partial charge in [0.25, 0.3) is 0 Å². The van der Waals surface area contributed by atoms with Crippen LogP contribution in [0.4, 0.5) is 0 Å². The molecule has 120 valence electrons. The Balaban J connectivity index is 1.81. The molecule has 1 heterocycles. The summed E-state index contributed by atoms with van der Waals surface area (Å²) >= 11 is 0. The van der Waals surface area contributed by atoms with Gasteiger partial charge in [-0.1, -0.05) is 66.2 Å². The number of rotatable bonds is 2. The van der Waals surface area contributed by atoms with Crippen molar-refractivity contribution >= 4 is 0 Å². The number of aryl methyl sites for hydroxylation is 1. The average molecular weight is 313 g/mol. The zero-order chi connectivity index (χ0) is 16.5. The molecular weight excluding hydrogens is 290 g/mol. The van der Waals surface area contributed by atoms with Crippen LogP contribution in [0.1, 0.15) is 22.3 Å². The zero-order valence-corrected chi connectivity index (χ0v) is 14.4. The number of benzene rings is 3. The van der Waals surface area contributed by atoms with Crippen LogP contribution in [0, 0.1) is 13.8 Å². The van der Waals surface area contributed by atoms with Gasteiger partial charge in [0.15, 0.2) is 0 Å². The summed E-state index contributed by atoms with van der Waals surface area (Å²) in [4.78, 5) is 0. The maximum Gasteiger partial charge on any atom is 0.0208 e. The first kappa shape index (κ1) is 15.2. The van der Waals surface area contributed by atoms with Crippen LogP contribution in [-0.2, 0) is 13.0 Å². The third kappa shape index (κ3) is 2.76. The summed E-state index contributed by atoms with van der Waals surface area (Å²) < 4.78 is 0. The minimum Gasteiger partial charge on any atom is -0.312 e. The monoisotopic (exact) mass is 313 g/mol. The maximum atomic E-state index is 3.45. The first-order chi connectivity index (χ1) is 11.7. The van der Waals surface area contributed by atoms with E-state index in [2.05, 4.69) is 79.8 Å². The number of hydrogen-bond donors (Lipinski definition) is 1. The van der Waals surface area contributed by atoms with Gasteiger partial charge >= 0.3 is 0 Å². The standard InChI is InChI=1S/C23H23N/c1-16-5-3-6-19(13-16)22-7-4-8-23(17(22)2)20-9-10-21-15-24-12-11-18(21)14-20/h3-10,13-14,24H,11-12,15H2,1-2H3. The molecule has 4 rings (SSSR count). The van der Waals surface area contributed by atoms with Gasteiger partial charge in [0, 0.05) is 6.54 Å². The van der Waals surface area contributed by atoms with Crippen molar-refractivity contribution in [1.82, 2.24) is 5.32 Å². The first-order valence-electron chi connectivity index (χ1n) is 8.72. The Morgan fingerprint density at radius 2 is 1.50 bits per heavy atom. The Morgan fingerprint density at radius 3 is 2.29 bits per heavy atom. The Kier molecular flexibility index (Phi) is 3.95. The summed E-state index contributed by atoms with van der Waals surface area (Å²) in [7, 11) is 0. The summed E-state index contributed by atoms with van der Waals surface area (Å²) in [5.41, 5.74) is 10.9. The lowest BCUT2D eigenvalue weighted by Crippen LogP contribution is -2.23. The van der Waals surface area contributed by atoms with Gasteiger partial charge in [0.2, 0.25) is 0 Å². The molecule has 0 spiro atoms. The van der Waals surface area contributed by atoms with Crippen LogP contribution in [0.5, 0.6) is 0 Å². The molecule has 0 amide bonds. The topological polar surface area (TPSA) is 12.0 Å². The summed E-state index contributed by atoms with van der Waals surface area (Å²) in [5.74, 6) is 0. The van der Waals surface area contributed by atoms with E-state index in [4.69, 9.17) is 0 Å². The molecule has 0 radical (unpaired) electrons. The molecule has 1 heteroatoms. The summed E-state index contributed by atoms with van der Waals surface area (Å²) in [6, 6.07) is 22.4. The lowest BCUT2D eigenvalue weighted by molar-refractivity contribution is 0.644. The van der Waals surface area contributed by atoms with Crippen LogP contribution in [0.2, 0.25) is 0 Å². The fourth-order valence-corrected chi connectivity index (χ4v) is 3.72. The second-order valence-corrected chi connectivity index (χ2v) is 6.76. The van der Waals surface area contributed by atoms with Crippen molar-refractivity contribution in [3.8, 4) is 22.3 Å². The Bertz CT molecular complexity index is 892. The lowest BCUT2D eigenvalue weighted by atomic mass is 9.90. The van der Waals surface area contributed by atoms with Crippen LogP contribution < -0.4 is 5.32 Å². The number of fused-ring (bicyclic) bond motifs is 1. The van der Waals surface area contributed by atoms with Crippen molar-refractivity contribution in [2.45, 2.75) is 26.8 Å². The average Bonchev–Trinajstić information content (AvgIpc) is 2.61. The van der Waals surface area contributed by atoms with Gasteiger partial charge in [-0.3, -0.25) is 0 Å². The van der Waals surface area contributed by atoms with Crippen molar-refractivity contribution < 1.29 is 0 Å². The third-order valence-electron chi connectivity index (χ3n) is 5.07. The molecule has 1 aliphatic heterocycles. The van der Waals surface area contributed by atoms with Gasteiger partial charge in [0.1, 0.15) is 0 Å². The van der Waals surface area contributed by atoms with Crippen LogP contribution in [0.15, 0.2) is 60.7 Å². The van der Waals surface area contributed by atoms with Gasteiger partial charge in [-0.05, 0) is 65.8 Å². The molecule has 1 nitrogen and oxygen atoms in total. The molecule has 24 heavy (non-hydrogen) atoms. The molecule has 0 saturated heterocycles. The molecule has 0 atom stereocenters. The van der Waals surface area contributed by atoms with Gasteiger partial charge in [-0.15, -0.1) is 0 Å². The van der Waals surface area contributed by atoms with E-state index >= 15 is 0 Å². The minimum absolute atomic E-state index is 0.998. The van der Waals surface area contributed by atoms with Crippen molar-refractivity contribution in [3.05, 3.63) is 82.9 Å². The fraction of sp³-hybridized carbons (Fsp3) is 0.217. The zero-order valence-electron chi connectivity index (χ0n) is 14.4. The van der Waals surface area contributed by atoms with E-state index in [1.165, 1.54) is 44.5 Å². The number of nitrogens with one attached hydrogen (secondary N) is 1. The van der Waals surface area contributed by atoms with Gasteiger partial charge in [-0.2, -0.15) is 0 Å². The van der Waals surface area contributed by atoms with Crippen molar-refractivity contribution in [3.63, 3.8) is 0 Å². The molecule has 0 unspecified atom stereocenters. The molecule has 3 aromatic carbocycles. The summed E-state index contributed by atoms with van der Waals surface area (Å²) in [5, 5.41) is 3.45. The van der Waals surface area contributed by atoms with Crippen molar-refractivity contribution in [2.75, 3.05) is 6.54 Å². The first-order valence-corrected chi connectivity index (χ1v) is 8.72. The molecule has 0 saturated carbocycles. The Morgan fingerprint density at radius 1 is 0.750 bits per heavy atom. The SMILES string of the molecule is Cc1cccc(-c2cccc(-c3ccc4c(c3)CCNC4)c2C)c1. The molecule has 1 aliphatic rings. The van der Waals surface area contributed by atoms with E-state index < -0.39 is 0 Å². The van der Waals surface area contributed by atoms with E-state index in [1.54, 1.807) is 0 Å². The Hall–Kier alpha value is -2.38. The molecular formula is C23H23N. The van der Waals surface area contributed by atoms with Gasteiger partial charge in [0.05, 0.1) is 0 Å². The highest BCUT2D eigenvalue weighted by Crippen LogP contribution is 2.33. The second kappa shape index (κ2) is 6.26. The predicted molar refractivity (Wildman–Crippen MR) is 102 cm³/mol. The molecule has 0 bridgehead atoms. The summed E-state index contributed by atoms with van der Waals surface area (Å²) in [6.45, 7) is 6.48. The maximum absolute atomic E-state index is 3.45. The fourth-order valence-electron chi connectivity index (χ4n) is 3.72. The second-order valence-electron chi connectivity index (χ2n) is 6.76. The van der Waals surface area contributed by atoms with Gasteiger partial charge in [-0.25, -0.2) is 0 Å². The summed E-state index contributed by atoms with van der Waals surface area (Å²) in [6.07, 6.45) is 1.12. The normalized spacial score (nSPS) is 13.6. The van der Waals surface area contributed by atoms with E-state index in [0.29, 0.717) is 0 Å². The third-order valence-corrected chi connectivity index (χ3v) is 5.07. The van der Waals surface area contributed by atoms with Crippen molar-refractivity contribution in [2.24, 2.45) is 0 Å². The molecule has 0 aliphatic carbocycles. The molecule has 1 N–H and O–H groups in total. The highest BCUT2D eigenvalue weighted by Gasteiger charge is 2.12. The molecule has 3 aromatic rings. The largest absolute Gasteiger partial charge is 0.312 e. The smallest absolute Gasteiger partial charge is 0.0208 e. The lowest BCUT2D eigenvalue weighted by Gasteiger charge is -2.19. The Labute approximate surface area is 144 Å². The number of hydrogen-bond acceptors (Lipinski definition) is 1. The van der Waals surface area contributed by atoms with Crippen LogP contribution >= 0.6 is 0 Å². The minimum atomic E-state index is 0.998. The van der Waals surface area contributed by atoms with Gasteiger partial charge < -0.3 is 5.32 Å². The molecule has 0 fully saturated rings.